The van der Waals surface area contributed by atoms with Crippen molar-refractivity contribution in [2.45, 2.75) is 18.9 Å². The van der Waals surface area contributed by atoms with Gasteiger partial charge < -0.3 is 4.90 Å². The molecule has 1 amide bonds. The van der Waals surface area contributed by atoms with Crippen molar-refractivity contribution < 1.29 is 9.18 Å². The molecule has 0 unspecified atom stereocenters. The highest BCUT2D eigenvalue weighted by atomic mass is 19.1. The number of rotatable bonds is 2. The van der Waals surface area contributed by atoms with Crippen molar-refractivity contribution in [1.82, 2.24) is 4.90 Å². The Morgan fingerprint density at radius 2 is 2.07 bits per heavy atom. The van der Waals surface area contributed by atoms with Gasteiger partial charge in [-0.05, 0) is 25.0 Å². The number of carbonyl (C=O) groups excluding carboxylic acids is 1. The molecule has 1 aliphatic rings. The Balaban J connectivity index is 2.21. The topological polar surface area (TPSA) is 20.3 Å². The van der Waals surface area contributed by atoms with Crippen LogP contribution in [0.5, 0.6) is 0 Å². The second-order valence-electron chi connectivity index (χ2n) is 3.63. The van der Waals surface area contributed by atoms with E-state index in [0.717, 1.165) is 12.8 Å². The average Bonchev–Trinajstić information content (AvgIpc) is 3.00. The normalized spacial score (nSPS) is 15.3. The molecule has 74 valence electrons. The molecule has 2 rings (SSSR count). The van der Waals surface area contributed by atoms with Crippen molar-refractivity contribution in [1.29, 1.82) is 0 Å². The van der Waals surface area contributed by atoms with E-state index in [4.69, 9.17) is 0 Å². The molecule has 2 nitrogen and oxygen atoms in total. The second-order valence-corrected chi connectivity index (χ2v) is 3.63. The Morgan fingerprint density at radius 3 is 2.64 bits per heavy atom. The Bertz CT molecular complexity index is 360. The first-order chi connectivity index (χ1) is 6.70. The lowest BCUT2D eigenvalue weighted by Gasteiger charge is -2.16. The van der Waals surface area contributed by atoms with E-state index in [1.54, 1.807) is 24.1 Å². The summed E-state index contributed by atoms with van der Waals surface area (Å²) in [5, 5.41) is 0. The van der Waals surface area contributed by atoms with Gasteiger partial charge in [0.25, 0.3) is 5.91 Å². The first-order valence-electron chi connectivity index (χ1n) is 4.72. The SMILES string of the molecule is CN(C(=O)c1ccccc1F)C1CC1. The number of benzene rings is 1. The van der Waals surface area contributed by atoms with E-state index in [1.807, 2.05) is 0 Å². The summed E-state index contributed by atoms with van der Waals surface area (Å²) < 4.78 is 13.2. The Kier molecular flexibility index (Phi) is 2.23. The molecule has 0 saturated heterocycles. The number of amides is 1. The fourth-order valence-corrected chi connectivity index (χ4v) is 1.45. The van der Waals surface area contributed by atoms with Gasteiger partial charge in [-0.1, -0.05) is 12.1 Å². The highest BCUT2D eigenvalue weighted by Crippen LogP contribution is 2.26. The molecule has 1 aliphatic carbocycles. The van der Waals surface area contributed by atoms with E-state index in [9.17, 15) is 9.18 Å². The number of nitrogens with zero attached hydrogens (tertiary/aromatic N) is 1. The van der Waals surface area contributed by atoms with E-state index in [2.05, 4.69) is 0 Å². The van der Waals surface area contributed by atoms with Crippen molar-refractivity contribution >= 4 is 5.91 Å². The summed E-state index contributed by atoms with van der Waals surface area (Å²) in [4.78, 5) is 13.4. The van der Waals surface area contributed by atoms with E-state index < -0.39 is 5.82 Å². The molecule has 1 fully saturated rings. The summed E-state index contributed by atoms with van der Waals surface area (Å²) in [6, 6.07) is 6.42. The van der Waals surface area contributed by atoms with Crippen molar-refractivity contribution in [2.75, 3.05) is 7.05 Å². The van der Waals surface area contributed by atoms with Gasteiger partial charge >= 0.3 is 0 Å². The zero-order valence-electron chi connectivity index (χ0n) is 8.03. The summed E-state index contributed by atoms with van der Waals surface area (Å²) >= 11 is 0. The molecular weight excluding hydrogens is 181 g/mol. The molecule has 1 saturated carbocycles. The van der Waals surface area contributed by atoms with Gasteiger partial charge in [-0.2, -0.15) is 0 Å². The van der Waals surface area contributed by atoms with Crippen molar-refractivity contribution in [3.8, 4) is 0 Å². The van der Waals surface area contributed by atoms with Gasteiger partial charge in [0.1, 0.15) is 5.82 Å². The van der Waals surface area contributed by atoms with Gasteiger partial charge in [0, 0.05) is 13.1 Å². The van der Waals surface area contributed by atoms with Crippen LogP contribution in [0.25, 0.3) is 0 Å². The molecule has 0 aromatic heterocycles. The lowest BCUT2D eigenvalue weighted by molar-refractivity contribution is 0.0780. The summed E-state index contributed by atoms with van der Waals surface area (Å²) in [6.45, 7) is 0. The maximum absolute atomic E-state index is 13.2. The maximum atomic E-state index is 13.2. The number of halogens is 1. The Morgan fingerprint density at radius 1 is 1.43 bits per heavy atom. The highest BCUT2D eigenvalue weighted by molar-refractivity contribution is 5.94. The molecule has 0 spiro atoms. The summed E-state index contributed by atoms with van der Waals surface area (Å²) in [5.41, 5.74) is 0.168. The largest absolute Gasteiger partial charge is 0.339 e. The molecule has 0 atom stereocenters. The van der Waals surface area contributed by atoms with Gasteiger partial charge in [0.2, 0.25) is 0 Å². The van der Waals surface area contributed by atoms with Gasteiger partial charge in [0.05, 0.1) is 5.56 Å². The maximum Gasteiger partial charge on any atom is 0.256 e. The minimum absolute atomic E-state index is 0.168. The molecule has 0 bridgehead atoms. The van der Waals surface area contributed by atoms with Gasteiger partial charge in [0.15, 0.2) is 0 Å². The monoisotopic (exact) mass is 193 g/mol. The predicted molar refractivity (Wildman–Crippen MR) is 51.5 cm³/mol. The molecule has 14 heavy (non-hydrogen) atoms. The third kappa shape index (κ3) is 1.62. The van der Waals surface area contributed by atoms with Crippen LogP contribution in [0, 0.1) is 5.82 Å². The van der Waals surface area contributed by atoms with Crippen LogP contribution in [-0.2, 0) is 0 Å². The van der Waals surface area contributed by atoms with Crippen LogP contribution in [0.15, 0.2) is 24.3 Å². The van der Waals surface area contributed by atoms with Crippen molar-refractivity contribution in [3.05, 3.63) is 35.6 Å². The first kappa shape index (κ1) is 9.19. The molecule has 3 heteroatoms. The quantitative estimate of drug-likeness (QED) is 0.704. The molecule has 1 aromatic carbocycles. The third-order valence-corrected chi connectivity index (χ3v) is 2.52. The molecule has 0 radical (unpaired) electrons. The minimum atomic E-state index is -0.440. The van der Waals surface area contributed by atoms with Gasteiger partial charge in [-0.25, -0.2) is 4.39 Å². The number of hydrogen-bond acceptors (Lipinski definition) is 1. The number of carbonyl (C=O) groups is 1. The molecule has 0 heterocycles. The fourth-order valence-electron chi connectivity index (χ4n) is 1.45. The molecule has 0 N–H and O–H groups in total. The lowest BCUT2D eigenvalue weighted by atomic mass is 10.2. The van der Waals surface area contributed by atoms with Crippen LogP contribution >= 0.6 is 0 Å². The molecule has 0 aliphatic heterocycles. The first-order valence-corrected chi connectivity index (χ1v) is 4.72. The van der Waals surface area contributed by atoms with Crippen molar-refractivity contribution in [2.24, 2.45) is 0 Å². The van der Waals surface area contributed by atoms with Crippen LogP contribution in [0.4, 0.5) is 4.39 Å². The van der Waals surface area contributed by atoms with E-state index in [0.29, 0.717) is 6.04 Å². The van der Waals surface area contributed by atoms with Crippen LogP contribution < -0.4 is 0 Å². The van der Waals surface area contributed by atoms with E-state index in [-0.39, 0.29) is 11.5 Å². The van der Waals surface area contributed by atoms with Crippen LogP contribution in [0.2, 0.25) is 0 Å². The summed E-state index contributed by atoms with van der Waals surface area (Å²) in [7, 11) is 1.73. The van der Waals surface area contributed by atoms with Gasteiger partial charge in [-0.3, -0.25) is 4.79 Å². The molecular formula is C11H12FNO. The standard InChI is InChI=1S/C11H12FNO/c1-13(8-6-7-8)11(14)9-4-2-3-5-10(9)12/h2-5,8H,6-7H2,1H3. The second kappa shape index (κ2) is 3.40. The van der Waals surface area contributed by atoms with Gasteiger partial charge in [-0.15, -0.1) is 0 Å². The van der Waals surface area contributed by atoms with Crippen LogP contribution in [0.1, 0.15) is 23.2 Å². The average molecular weight is 193 g/mol. The molecule has 1 aromatic rings. The third-order valence-electron chi connectivity index (χ3n) is 2.52. The smallest absolute Gasteiger partial charge is 0.256 e. The zero-order chi connectivity index (χ0) is 10.1. The number of hydrogen-bond donors (Lipinski definition) is 0. The summed E-state index contributed by atoms with van der Waals surface area (Å²) in [6.07, 6.45) is 2.08. The fraction of sp³-hybridized carbons (Fsp3) is 0.364. The Hall–Kier alpha value is -1.38. The van der Waals surface area contributed by atoms with Crippen LogP contribution in [-0.4, -0.2) is 23.9 Å². The Labute approximate surface area is 82.3 Å². The zero-order valence-corrected chi connectivity index (χ0v) is 8.03. The summed E-state index contributed by atoms with van der Waals surface area (Å²) in [5.74, 6) is -0.657. The minimum Gasteiger partial charge on any atom is -0.339 e. The highest BCUT2D eigenvalue weighted by Gasteiger charge is 2.30. The van der Waals surface area contributed by atoms with Crippen LogP contribution in [0.3, 0.4) is 0 Å². The predicted octanol–water partition coefficient (Wildman–Crippen LogP) is 2.06. The lowest BCUT2D eigenvalue weighted by Crippen LogP contribution is -2.29. The van der Waals surface area contributed by atoms with E-state index in [1.165, 1.54) is 12.1 Å². The van der Waals surface area contributed by atoms with Crippen molar-refractivity contribution in [3.63, 3.8) is 0 Å². The van der Waals surface area contributed by atoms with E-state index >= 15 is 0 Å².